The van der Waals surface area contributed by atoms with Crippen molar-refractivity contribution in [3.8, 4) is 0 Å². The molecule has 6 N–H and O–H groups in total. The van der Waals surface area contributed by atoms with Crippen LogP contribution < -0.4 is 0 Å². The van der Waals surface area contributed by atoms with E-state index in [9.17, 15) is 44.6 Å². The number of allylic oxidation sites excluding steroid dienone is 8. The molecule has 0 aromatic heterocycles. The average molecular weight is 859 g/mol. The van der Waals surface area contributed by atoms with Crippen molar-refractivity contribution in [1.29, 1.82) is 0 Å². The normalized spacial score (nSPS) is 22.8. The fourth-order valence-electron chi connectivity index (χ4n) is 6.50. The molecular formula is C45H79O13P. The molecule has 0 saturated heterocycles. The predicted molar refractivity (Wildman–Crippen MR) is 230 cm³/mol. The number of ether oxygens (including phenoxy) is 2. The summed E-state index contributed by atoms with van der Waals surface area (Å²) in [6.07, 6.45) is 27.4. The number of phosphoric ester groups is 1. The fraction of sp³-hybridized carbons (Fsp3) is 0.778. The zero-order valence-electron chi connectivity index (χ0n) is 36.0. The van der Waals surface area contributed by atoms with E-state index in [0.717, 1.165) is 70.6 Å². The minimum Gasteiger partial charge on any atom is -0.462 e. The van der Waals surface area contributed by atoms with Gasteiger partial charge in [0, 0.05) is 12.8 Å². The number of hydrogen-bond donors (Lipinski definition) is 6. The van der Waals surface area contributed by atoms with Crippen LogP contribution in [0.2, 0.25) is 0 Å². The van der Waals surface area contributed by atoms with Crippen LogP contribution in [0.25, 0.3) is 0 Å². The van der Waals surface area contributed by atoms with E-state index in [1.54, 1.807) is 0 Å². The average Bonchev–Trinajstić information content (AvgIpc) is 3.21. The molecular weight excluding hydrogens is 779 g/mol. The molecule has 8 atom stereocenters. The van der Waals surface area contributed by atoms with Gasteiger partial charge in [-0.2, -0.15) is 0 Å². The predicted octanol–water partition coefficient (Wildman–Crippen LogP) is 8.39. The summed E-state index contributed by atoms with van der Waals surface area (Å²) in [4.78, 5) is 35.6. The molecule has 0 radical (unpaired) electrons. The Labute approximate surface area is 354 Å². The van der Waals surface area contributed by atoms with Crippen LogP contribution in [0.1, 0.15) is 168 Å². The fourth-order valence-corrected chi connectivity index (χ4v) is 7.48. The Kier molecular flexibility index (Phi) is 32.9. The Balaban J connectivity index is 2.48. The van der Waals surface area contributed by atoms with E-state index in [4.69, 9.17) is 18.5 Å². The second-order valence-corrected chi connectivity index (χ2v) is 17.0. The molecule has 13 nitrogen and oxygen atoms in total. The molecule has 1 rings (SSSR count). The van der Waals surface area contributed by atoms with E-state index >= 15 is 0 Å². The molecule has 1 fully saturated rings. The Hall–Kier alpha value is -2.19. The molecule has 0 spiro atoms. The zero-order valence-corrected chi connectivity index (χ0v) is 36.9. The molecule has 342 valence electrons. The van der Waals surface area contributed by atoms with E-state index < -0.39 is 75.7 Å². The van der Waals surface area contributed by atoms with E-state index in [0.29, 0.717) is 12.8 Å². The lowest BCUT2D eigenvalue weighted by Gasteiger charge is -2.41. The van der Waals surface area contributed by atoms with Gasteiger partial charge < -0.3 is 39.9 Å². The Morgan fingerprint density at radius 1 is 0.525 bits per heavy atom. The third kappa shape index (κ3) is 28.1. The summed E-state index contributed by atoms with van der Waals surface area (Å²) in [5, 5.41) is 50.1. The number of aliphatic hydroxyl groups is 5. The van der Waals surface area contributed by atoms with E-state index in [1.807, 2.05) is 0 Å². The van der Waals surface area contributed by atoms with Crippen molar-refractivity contribution in [2.75, 3.05) is 13.2 Å². The van der Waals surface area contributed by atoms with Gasteiger partial charge in [-0.1, -0.05) is 146 Å². The highest BCUT2D eigenvalue weighted by Crippen LogP contribution is 2.47. The largest absolute Gasteiger partial charge is 0.472 e. The lowest BCUT2D eigenvalue weighted by molar-refractivity contribution is -0.220. The molecule has 0 aromatic rings. The van der Waals surface area contributed by atoms with Crippen LogP contribution in [-0.2, 0) is 32.7 Å². The molecule has 59 heavy (non-hydrogen) atoms. The monoisotopic (exact) mass is 859 g/mol. The molecule has 0 amide bonds. The molecule has 6 unspecified atom stereocenters. The summed E-state index contributed by atoms with van der Waals surface area (Å²) in [6.45, 7) is 3.22. The lowest BCUT2D eigenvalue weighted by Crippen LogP contribution is -2.64. The quantitative estimate of drug-likeness (QED) is 0.0152. The Morgan fingerprint density at radius 3 is 1.42 bits per heavy atom. The van der Waals surface area contributed by atoms with E-state index in [-0.39, 0.29) is 12.8 Å². The van der Waals surface area contributed by atoms with Crippen molar-refractivity contribution in [2.24, 2.45) is 0 Å². The summed E-state index contributed by atoms with van der Waals surface area (Å²) < 4.78 is 33.4. The maximum Gasteiger partial charge on any atom is 0.472 e. The van der Waals surface area contributed by atoms with Crippen molar-refractivity contribution in [2.45, 2.75) is 211 Å². The van der Waals surface area contributed by atoms with Gasteiger partial charge in [-0.3, -0.25) is 18.6 Å². The van der Waals surface area contributed by atoms with Crippen LogP contribution in [0, 0.1) is 0 Å². The smallest absolute Gasteiger partial charge is 0.462 e. The summed E-state index contributed by atoms with van der Waals surface area (Å²) in [5.41, 5.74) is 0. The van der Waals surface area contributed by atoms with Crippen LogP contribution in [0.5, 0.6) is 0 Å². The number of carbonyl (C=O) groups is 2. The lowest BCUT2D eigenvalue weighted by atomic mass is 9.85. The highest BCUT2D eigenvalue weighted by atomic mass is 31.2. The maximum atomic E-state index is 12.8. The van der Waals surface area contributed by atoms with Crippen LogP contribution in [0.15, 0.2) is 48.6 Å². The first kappa shape index (κ1) is 54.8. The van der Waals surface area contributed by atoms with Gasteiger partial charge in [-0.05, 0) is 57.8 Å². The second kappa shape index (κ2) is 35.4. The summed E-state index contributed by atoms with van der Waals surface area (Å²) in [5.74, 6) is -1.14. The number of unbranched alkanes of at least 4 members (excludes halogenated alkanes) is 16. The minimum atomic E-state index is -5.12. The highest BCUT2D eigenvalue weighted by Gasteiger charge is 2.51. The van der Waals surface area contributed by atoms with Crippen molar-refractivity contribution in [3.05, 3.63) is 48.6 Å². The molecule has 1 aliphatic rings. The highest BCUT2D eigenvalue weighted by molar-refractivity contribution is 7.47. The Morgan fingerprint density at radius 2 is 0.915 bits per heavy atom. The van der Waals surface area contributed by atoms with Crippen molar-refractivity contribution in [1.82, 2.24) is 0 Å². The van der Waals surface area contributed by atoms with Crippen LogP contribution in [-0.4, -0.2) is 98.3 Å². The topological polar surface area (TPSA) is 210 Å². The van der Waals surface area contributed by atoms with Crippen LogP contribution >= 0.6 is 7.82 Å². The molecule has 0 aliphatic heterocycles. The zero-order chi connectivity index (χ0) is 43.6. The summed E-state index contributed by atoms with van der Waals surface area (Å²) >= 11 is 0. The van der Waals surface area contributed by atoms with Gasteiger partial charge in [0.2, 0.25) is 0 Å². The maximum absolute atomic E-state index is 12.8. The van der Waals surface area contributed by atoms with Gasteiger partial charge in [0.05, 0.1) is 6.61 Å². The van der Waals surface area contributed by atoms with Gasteiger partial charge in [-0.15, -0.1) is 0 Å². The second-order valence-electron chi connectivity index (χ2n) is 15.6. The van der Waals surface area contributed by atoms with Gasteiger partial charge >= 0.3 is 19.8 Å². The third-order valence-corrected chi connectivity index (χ3v) is 11.2. The number of rotatable bonds is 36. The van der Waals surface area contributed by atoms with Gasteiger partial charge in [0.25, 0.3) is 0 Å². The standard InChI is InChI=1S/C45H79O13P/c1-3-5-7-9-11-13-15-16-17-18-19-20-21-22-24-25-27-29-31-33-38(46)55-35-37(57-39(47)34-32-30-28-26-23-14-12-10-8-6-4-2)36-56-59(53,54)58-45-43(51)41(49)40(48)42(50)44(45)52/h11,13,16-17,19-20,22,24,37,40-45,48-52H,3-10,12,14-15,18,21,23,25-36H2,1-2H3,(H,53,54)/b13-11+,17-16+,20-19+,24-22+/t37-,40?,41-,42?,43?,44?,45?/m1/s1. The van der Waals surface area contributed by atoms with E-state index in [2.05, 4.69) is 62.5 Å². The van der Waals surface area contributed by atoms with Gasteiger partial charge in [0.15, 0.2) is 6.10 Å². The number of phosphoric acid groups is 1. The Bertz CT molecular complexity index is 1220. The van der Waals surface area contributed by atoms with Gasteiger partial charge in [-0.25, -0.2) is 4.57 Å². The van der Waals surface area contributed by atoms with Crippen molar-refractivity contribution >= 4 is 19.8 Å². The van der Waals surface area contributed by atoms with Crippen LogP contribution in [0.4, 0.5) is 0 Å². The number of aliphatic hydroxyl groups excluding tert-OH is 5. The molecule has 1 saturated carbocycles. The van der Waals surface area contributed by atoms with Crippen molar-refractivity contribution in [3.63, 3.8) is 0 Å². The summed E-state index contributed by atoms with van der Waals surface area (Å²) in [6, 6.07) is 0. The molecule has 14 heteroatoms. The summed E-state index contributed by atoms with van der Waals surface area (Å²) in [7, 11) is -5.12. The number of hydrogen-bond acceptors (Lipinski definition) is 12. The molecule has 0 heterocycles. The number of carbonyl (C=O) groups excluding carboxylic acids is 2. The molecule has 0 bridgehead atoms. The minimum absolute atomic E-state index is 0.0900. The molecule has 1 aliphatic carbocycles. The first-order chi connectivity index (χ1) is 28.4. The third-order valence-electron chi connectivity index (χ3n) is 10.2. The first-order valence-electron chi connectivity index (χ1n) is 22.4. The van der Waals surface area contributed by atoms with Gasteiger partial charge in [0.1, 0.15) is 43.2 Å². The SMILES string of the molecule is CCCCC/C=C/C/C=C/C/C=C/C/C=C/CCCCCC(=O)OC[C@H](COP(=O)(O)OC1C(O)C(O)C(O)[C@@H](O)C1O)OC(=O)CCCCCCCCCCCCC. The van der Waals surface area contributed by atoms with Crippen LogP contribution in [0.3, 0.4) is 0 Å². The van der Waals surface area contributed by atoms with E-state index in [1.165, 1.54) is 57.8 Å². The first-order valence-corrected chi connectivity index (χ1v) is 23.9. The van der Waals surface area contributed by atoms with Crippen molar-refractivity contribution < 1.29 is 63.1 Å². The number of esters is 2. The molecule has 0 aromatic carbocycles.